The minimum absolute atomic E-state index is 0.138. The van der Waals surface area contributed by atoms with Crippen LogP contribution in [0.1, 0.15) is 42.9 Å². The second-order valence-electron chi connectivity index (χ2n) is 6.74. The van der Waals surface area contributed by atoms with E-state index in [-0.39, 0.29) is 6.10 Å². The summed E-state index contributed by atoms with van der Waals surface area (Å²) in [5, 5.41) is 0. The predicted octanol–water partition coefficient (Wildman–Crippen LogP) is 3.74. The molecule has 1 aromatic rings. The molecule has 4 rings (SSSR count). The highest BCUT2D eigenvalue weighted by Gasteiger charge is 2.44. The second kappa shape index (κ2) is 6.15. The van der Waals surface area contributed by atoms with Crippen LogP contribution in [0, 0.1) is 5.92 Å². The summed E-state index contributed by atoms with van der Waals surface area (Å²) in [5.74, 6) is 0.701. The van der Waals surface area contributed by atoms with Gasteiger partial charge in [0.2, 0.25) is 0 Å². The Morgan fingerprint density at radius 2 is 2.14 bits per heavy atom. The smallest absolute Gasteiger partial charge is 0.104 e. The first kappa shape index (κ1) is 14.4. The van der Waals surface area contributed by atoms with Gasteiger partial charge in [-0.2, -0.15) is 0 Å². The van der Waals surface area contributed by atoms with Crippen LogP contribution >= 0.6 is 0 Å². The molecular weight excluding hydrogens is 276 g/mol. The van der Waals surface area contributed by atoms with Crippen LogP contribution in [0.5, 0.6) is 0 Å². The SMILES string of the molecule is C=Cc1ccccc1C(CC1CCC2OC2C1)OCC1CO1. The first-order valence-corrected chi connectivity index (χ1v) is 8.43. The van der Waals surface area contributed by atoms with Crippen molar-refractivity contribution < 1.29 is 14.2 Å². The first-order valence-electron chi connectivity index (χ1n) is 8.43. The zero-order chi connectivity index (χ0) is 14.9. The van der Waals surface area contributed by atoms with Gasteiger partial charge in [0.25, 0.3) is 0 Å². The average molecular weight is 300 g/mol. The van der Waals surface area contributed by atoms with Crippen LogP contribution in [0.15, 0.2) is 30.8 Å². The molecule has 0 spiro atoms. The summed E-state index contributed by atoms with van der Waals surface area (Å²) in [6, 6.07) is 8.44. The van der Waals surface area contributed by atoms with Crippen molar-refractivity contribution in [3.8, 4) is 0 Å². The summed E-state index contributed by atoms with van der Waals surface area (Å²) in [5.41, 5.74) is 2.44. The van der Waals surface area contributed by atoms with Crippen LogP contribution < -0.4 is 0 Å². The highest BCUT2D eigenvalue weighted by atomic mass is 16.6. The molecule has 2 aliphatic heterocycles. The maximum absolute atomic E-state index is 6.23. The van der Waals surface area contributed by atoms with Crippen LogP contribution in [0.2, 0.25) is 0 Å². The Balaban J connectivity index is 1.47. The molecule has 1 saturated carbocycles. The van der Waals surface area contributed by atoms with Crippen molar-refractivity contribution in [2.75, 3.05) is 13.2 Å². The third kappa shape index (κ3) is 3.27. The molecule has 2 saturated heterocycles. The van der Waals surface area contributed by atoms with Crippen LogP contribution in [0.3, 0.4) is 0 Å². The summed E-state index contributed by atoms with van der Waals surface area (Å²) in [6.07, 6.45) is 8.22. The summed E-state index contributed by atoms with van der Waals surface area (Å²) in [4.78, 5) is 0. The van der Waals surface area contributed by atoms with Crippen molar-refractivity contribution in [2.45, 2.75) is 50.1 Å². The van der Waals surface area contributed by atoms with Crippen molar-refractivity contribution in [2.24, 2.45) is 5.92 Å². The molecule has 5 atom stereocenters. The van der Waals surface area contributed by atoms with Crippen LogP contribution in [0.4, 0.5) is 0 Å². The Bertz CT molecular complexity index is 537. The number of fused-ring (bicyclic) bond motifs is 1. The van der Waals surface area contributed by atoms with E-state index in [9.17, 15) is 0 Å². The third-order valence-corrected chi connectivity index (χ3v) is 5.11. The lowest BCUT2D eigenvalue weighted by Crippen LogP contribution is -2.19. The molecule has 1 aromatic carbocycles. The number of rotatable bonds is 7. The van der Waals surface area contributed by atoms with Gasteiger partial charge in [0.05, 0.1) is 31.5 Å². The average Bonchev–Trinajstić information content (AvgIpc) is 3.45. The highest BCUT2D eigenvalue weighted by Crippen LogP contribution is 2.43. The fourth-order valence-corrected chi connectivity index (χ4v) is 3.67. The van der Waals surface area contributed by atoms with Crippen molar-refractivity contribution in [3.05, 3.63) is 42.0 Å². The van der Waals surface area contributed by atoms with E-state index in [4.69, 9.17) is 14.2 Å². The van der Waals surface area contributed by atoms with Gasteiger partial charge in [-0.1, -0.05) is 36.9 Å². The van der Waals surface area contributed by atoms with Crippen LogP contribution in [-0.2, 0) is 14.2 Å². The monoisotopic (exact) mass is 300 g/mol. The summed E-state index contributed by atoms with van der Waals surface area (Å²) < 4.78 is 17.2. The molecule has 2 heterocycles. The standard InChI is InChI=1S/C19H24O3/c1-2-14-5-3-4-6-16(14)18(21-12-15-11-20-15)9-13-7-8-17-19(10-13)22-17/h2-6,13,15,17-19H,1,7-12H2. The molecule has 118 valence electrons. The molecule has 3 nitrogen and oxygen atoms in total. The molecule has 0 N–H and O–H groups in total. The van der Waals surface area contributed by atoms with E-state index in [0.29, 0.717) is 30.8 Å². The molecular formula is C19H24O3. The Kier molecular flexibility index (Phi) is 4.03. The second-order valence-corrected chi connectivity index (χ2v) is 6.74. The fourth-order valence-electron chi connectivity index (χ4n) is 3.67. The van der Waals surface area contributed by atoms with E-state index in [1.54, 1.807) is 0 Å². The predicted molar refractivity (Wildman–Crippen MR) is 85.6 cm³/mol. The van der Waals surface area contributed by atoms with E-state index in [1.807, 2.05) is 6.08 Å². The Morgan fingerprint density at radius 3 is 2.91 bits per heavy atom. The number of hydrogen-bond donors (Lipinski definition) is 0. The normalized spacial score (nSPS) is 33.8. The van der Waals surface area contributed by atoms with Gasteiger partial charge in [-0.15, -0.1) is 0 Å². The first-order chi connectivity index (χ1) is 10.8. The Morgan fingerprint density at radius 1 is 1.27 bits per heavy atom. The topological polar surface area (TPSA) is 34.3 Å². The van der Waals surface area contributed by atoms with Crippen molar-refractivity contribution >= 4 is 6.08 Å². The van der Waals surface area contributed by atoms with Crippen molar-refractivity contribution in [1.29, 1.82) is 0 Å². The van der Waals surface area contributed by atoms with Crippen LogP contribution in [0.25, 0.3) is 6.08 Å². The number of ether oxygens (including phenoxy) is 3. The van der Waals surface area contributed by atoms with Crippen molar-refractivity contribution in [3.63, 3.8) is 0 Å². The molecule has 0 bridgehead atoms. The summed E-state index contributed by atoms with van der Waals surface area (Å²) in [7, 11) is 0. The minimum atomic E-state index is 0.138. The van der Waals surface area contributed by atoms with Gasteiger partial charge in [-0.3, -0.25) is 0 Å². The molecule has 0 amide bonds. The maximum atomic E-state index is 6.23. The Labute approximate surface area is 132 Å². The quantitative estimate of drug-likeness (QED) is 0.719. The maximum Gasteiger partial charge on any atom is 0.104 e. The minimum Gasteiger partial charge on any atom is -0.371 e. The highest BCUT2D eigenvalue weighted by molar-refractivity contribution is 5.52. The largest absolute Gasteiger partial charge is 0.371 e. The fraction of sp³-hybridized carbons (Fsp3) is 0.579. The number of benzene rings is 1. The van der Waals surface area contributed by atoms with Gasteiger partial charge in [0.15, 0.2) is 0 Å². The number of epoxide rings is 2. The lowest BCUT2D eigenvalue weighted by atomic mass is 9.83. The molecule has 1 aliphatic carbocycles. The van der Waals surface area contributed by atoms with Gasteiger partial charge in [-0.25, -0.2) is 0 Å². The number of hydrogen-bond acceptors (Lipinski definition) is 3. The lowest BCUT2D eigenvalue weighted by Gasteiger charge is -2.26. The zero-order valence-corrected chi connectivity index (χ0v) is 12.9. The van der Waals surface area contributed by atoms with E-state index < -0.39 is 0 Å². The molecule has 3 aliphatic rings. The van der Waals surface area contributed by atoms with Gasteiger partial charge < -0.3 is 14.2 Å². The molecule has 3 fully saturated rings. The summed E-state index contributed by atoms with van der Waals surface area (Å²) >= 11 is 0. The lowest BCUT2D eigenvalue weighted by molar-refractivity contribution is 0.0225. The van der Waals surface area contributed by atoms with E-state index in [2.05, 4.69) is 30.8 Å². The van der Waals surface area contributed by atoms with E-state index in [0.717, 1.165) is 13.0 Å². The summed E-state index contributed by atoms with van der Waals surface area (Å²) in [6.45, 7) is 5.49. The molecule has 3 heteroatoms. The zero-order valence-electron chi connectivity index (χ0n) is 12.9. The molecule has 22 heavy (non-hydrogen) atoms. The van der Waals surface area contributed by atoms with Crippen LogP contribution in [-0.4, -0.2) is 31.5 Å². The molecule has 0 aromatic heterocycles. The van der Waals surface area contributed by atoms with Gasteiger partial charge in [-0.05, 0) is 42.7 Å². The molecule has 0 radical (unpaired) electrons. The van der Waals surface area contributed by atoms with E-state index in [1.165, 1.54) is 30.4 Å². The van der Waals surface area contributed by atoms with Gasteiger partial charge >= 0.3 is 0 Å². The Hall–Kier alpha value is -1.16. The third-order valence-electron chi connectivity index (χ3n) is 5.11. The van der Waals surface area contributed by atoms with E-state index >= 15 is 0 Å². The van der Waals surface area contributed by atoms with Gasteiger partial charge in [0, 0.05) is 0 Å². The molecule has 5 unspecified atom stereocenters. The van der Waals surface area contributed by atoms with Crippen molar-refractivity contribution in [1.82, 2.24) is 0 Å². The van der Waals surface area contributed by atoms with Gasteiger partial charge in [0.1, 0.15) is 6.10 Å².